The lowest BCUT2D eigenvalue weighted by atomic mass is 10.0. The molecular formula is C30H35N3O2S. The van der Waals surface area contributed by atoms with Crippen molar-refractivity contribution >= 4 is 23.4 Å². The van der Waals surface area contributed by atoms with Gasteiger partial charge in [0.25, 0.3) is 5.91 Å². The lowest BCUT2D eigenvalue weighted by Gasteiger charge is -2.23. The molecule has 36 heavy (non-hydrogen) atoms. The number of para-hydroxylation sites is 1. The maximum absolute atomic E-state index is 13.3. The minimum absolute atomic E-state index is 0.0283. The van der Waals surface area contributed by atoms with E-state index in [4.69, 9.17) is 0 Å². The molecule has 0 radical (unpaired) electrons. The van der Waals surface area contributed by atoms with Crippen LogP contribution in [-0.4, -0.2) is 29.1 Å². The Bertz CT molecular complexity index is 1190. The Hall–Kier alpha value is -3.51. The van der Waals surface area contributed by atoms with Gasteiger partial charge in [0.05, 0.1) is 6.54 Å². The molecule has 0 spiro atoms. The average Bonchev–Trinajstić information content (AvgIpc) is 2.90. The molecule has 188 valence electrons. The maximum atomic E-state index is 13.3. The number of aliphatic hydroxyl groups is 1. The summed E-state index contributed by atoms with van der Waals surface area (Å²) >= 11 is 1.26. The zero-order valence-corrected chi connectivity index (χ0v) is 22.1. The molecule has 3 rings (SSSR count). The summed E-state index contributed by atoms with van der Waals surface area (Å²) in [6.45, 7) is 11.1. The van der Waals surface area contributed by atoms with Gasteiger partial charge in [-0.3, -0.25) is 9.78 Å². The highest BCUT2D eigenvalue weighted by Gasteiger charge is 2.20. The van der Waals surface area contributed by atoms with Crippen molar-refractivity contribution in [2.45, 2.75) is 44.9 Å². The molecular weight excluding hydrogens is 466 g/mol. The summed E-state index contributed by atoms with van der Waals surface area (Å²) in [5, 5.41) is 14.1. The number of pyridine rings is 1. The van der Waals surface area contributed by atoms with Gasteiger partial charge in [-0.25, -0.2) is 0 Å². The molecule has 1 amide bonds. The first kappa shape index (κ1) is 27.1. The lowest BCUT2D eigenvalue weighted by molar-refractivity contribution is -0.116. The van der Waals surface area contributed by atoms with Crippen molar-refractivity contribution in [3.63, 3.8) is 0 Å². The van der Waals surface area contributed by atoms with E-state index in [1.165, 1.54) is 11.8 Å². The van der Waals surface area contributed by atoms with Crippen LogP contribution in [0.25, 0.3) is 11.1 Å². The summed E-state index contributed by atoms with van der Waals surface area (Å²) in [5.41, 5.74) is 4.94. The molecule has 1 aromatic heterocycles. The first-order valence-electron chi connectivity index (χ1n) is 12.3. The number of unbranched alkanes of at least 4 members (excludes halogenated alkanes) is 1. The predicted octanol–water partition coefficient (Wildman–Crippen LogP) is 7.27. The van der Waals surface area contributed by atoms with Gasteiger partial charge < -0.3 is 15.3 Å². The fourth-order valence-electron chi connectivity index (χ4n) is 3.80. The minimum Gasteiger partial charge on any atom is -0.509 e. The number of carbonyl (C=O) groups is 1. The SMILES string of the molecule is C=C(CCCC)NC(=O)/C(Sc1ccc(-c2ccncc2C)cc1)=C(/O)CN(CC)c1ccccc1. The van der Waals surface area contributed by atoms with E-state index in [0.29, 0.717) is 18.7 Å². The Morgan fingerprint density at radius 1 is 1.08 bits per heavy atom. The molecule has 0 unspecified atom stereocenters. The molecule has 0 saturated carbocycles. The van der Waals surface area contributed by atoms with Gasteiger partial charge in [0.15, 0.2) is 0 Å². The second-order valence-corrected chi connectivity index (χ2v) is 9.69. The first-order valence-corrected chi connectivity index (χ1v) is 13.1. The first-order chi connectivity index (χ1) is 17.4. The zero-order chi connectivity index (χ0) is 25.9. The number of aromatic nitrogens is 1. The average molecular weight is 502 g/mol. The standard InChI is InChI=1S/C30H35N3O2S/c1-5-7-11-23(4)32-30(35)29(28(34)21-33(6-2)25-12-9-8-10-13-25)36-26-16-14-24(15-17-26)27-18-19-31-20-22(27)3/h8-10,12-20,34H,4-7,11,21H2,1-3H3,(H,32,35)/b29-28-. The van der Waals surface area contributed by atoms with E-state index in [0.717, 1.165) is 40.1 Å². The van der Waals surface area contributed by atoms with Crippen molar-refractivity contribution in [2.75, 3.05) is 18.0 Å². The van der Waals surface area contributed by atoms with E-state index in [1.54, 1.807) is 6.20 Å². The van der Waals surface area contributed by atoms with Gasteiger partial charge in [0.1, 0.15) is 10.7 Å². The third-order valence-electron chi connectivity index (χ3n) is 5.84. The largest absolute Gasteiger partial charge is 0.509 e. The number of nitrogens with zero attached hydrogens (tertiary/aromatic N) is 2. The number of rotatable bonds is 12. The molecule has 0 aliphatic carbocycles. The molecule has 0 aliphatic heterocycles. The van der Waals surface area contributed by atoms with Crippen LogP contribution in [0.5, 0.6) is 0 Å². The molecule has 0 bridgehead atoms. The van der Waals surface area contributed by atoms with Crippen LogP contribution in [0.15, 0.2) is 101 Å². The van der Waals surface area contributed by atoms with Crippen LogP contribution >= 0.6 is 11.8 Å². The number of aryl methyl sites for hydroxylation is 1. The number of allylic oxidation sites excluding steroid dienone is 1. The summed E-state index contributed by atoms with van der Waals surface area (Å²) in [4.78, 5) is 20.6. The fraction of sp³-hybridized carbons (Fsp3) is 0.267. The summed E-state index contributed by atoms with van der Waals surface area (Å²) in [6, 6.07) is 19.9. The van der Waals surface area contributed by atoms with Crippen LogP contribution in [0.3, 0.4) is 0 Å². The van der Waals surface area contributed by atoms with E-state index >= 15 is 0 Å². The van der Waals surface area contributed by atoms with Crippen LogP contribution < -0.4 is 10.2 Å². The molecule has 2 N–H and O–H groups in total. The predicted molar refractivity (Wildman–Crippen MR) is 151 cm³/mol. The van der Waals surface area contributed by atoms with Gasteiger partial charge >= 0.3 is 0 Å². The molecule has 5 nitrogen and oxygen atoms in total. The number of aliphatic hydroxyl groups excluding tert-OH is 1. The summed E-state index contributed by atoms with van der Waals surface area (Å²) in [6.07, 6.45) is 6.31. The number of thioether (sulfide) groups is 1. The van der Waals surface area contributed by atoms with E-state index in [2.05, 4.69) is 23.8 Å². The molecule has 6 heteroatoms. The maximum Gasteiger partial charge on any atom is 0.265 e. The monoisotopic (exact) mass is 501 g/mol. The summed E-state index contributed by atoms with van der Waals surface area (Å²) < 4.78 is 0. The van der Waals surface area contributed by atoms with Crippen LogP contribution in [0, 0.1) is 6.92 Å². The van der Waals surface area contributed by atoms with Crippen molar-refractivity contribution in [1.82, 2.24) is 10.3 Å². The Morgan fingerprint density at radius 3 is 2.44 bits per heavy atom. The number of carbonyl (C=O) groups excluding carboxylic acids is 1. The van der Waals surface area contributed by atoms with Gasteiger partial charge in [0.2, 0.25) is 0 Å². The van der Waals surface area contributed by atoms with E-state index in [-0.39, 0.29) is 23.1 Å². The molecule has 0 atom stereocenters. The van der Waals surface area contributed by atoms with E-state index in [1.807, 2.05) is 85.6 Å². The van der Waals surface area contributed by atoms with Gasteiger partial charge in [-0.15, -0.1) is 0 Å². The second kappa shape index (κ2) is 13.5. The number of anilines is 1. The number of nitrogens with one attached hydrogen (secondary N) is 1. The summed E-state index contributed by atoms with van der Waals surface area (Å²) in [5.74, 6) is -0.308. The highest BCUT2D eigenvalue weighted by molar-refractivity contribution is 8.04. The van der Waals surface area contributed by atoms with Crippen molar-refractivity contribution < 1.29 is 9.90 Å². The van der Waals surface area contributed by atoms with Crippen LogP contribution in [0.1, 0.15) is 38.7 Å². The molecule has 0 saturated heterocycles. The molecule has 1 heterocycles. The Balaban J connectivity index is 1.87. The smallest absolute Gasteiger partial charge is 0.265 e. The van der Waals surface area contributed by atoms with E-state index in [9.17, 15) is 9.90 Å². The second-order valence-electron chi connectivity index (χ2n) is 8.60. The summed E-state index contributed by atoms with van der Waals surface area (Å²) in [7, 11) is 0. The topological polar surface area (TPSA) is 65.5 Å². The quantitative estimate of drug-likeness (QED) is 0.155. The number of hydrogen-bond acceptors (Lipinski definition) is 5. The number of benzene rings is 2. The minimum atomic E-state index is -0.336. The van der Waals surface area contributed by atoms with Crippen LogP contribution in [0.2, 0.25) is 0 Å². The molecule has 0 fully saturated rings. The van der Waals surface area contributed by atoms with Crippen LogP contribution in [-0.2, 0) is 4.79 Å². The Labute approximate surface area is 219 Å². The Morgan fingerprint density at radius 2 is 1.81 bits per heavy atom. The van der Waals surface area contributed by atoms with E-state index < -0.39 is 0 Å². The zero-order valence-electron chi connectivity index (χ0n) is 21.3. The normalized spacial score (nSPS) is 11.5. The number of likely N-dealkylation sites (N-methyl/N-ethyl adjacent to an activating group) is 1. The molecule has 3 aromatic rings. The molecule has 2 aromatic carbocycles. The molecule has 0 aliphatic rings. The lowest BCUT2D eigenvalue weighted by Crippen LogP contribution is -2.29. The third kappa shape index (κ3) is 7.49. The van der Waals surface area contributed by atoms with Crippen molar-refractivity contribution in [2.24, 2.45) is 0 Å². The fourth-order valence-corrected chi connectivity index (χ4v) is 4.63. The van der Waals surface area contributed by atoms with Gasteiger partial charge in [-0.1, -0.05) is 62.0 Å². The van der Waals surface area contributed by atoms with Gasteiger partial charge in [0, 0.05) is 35.2 Å². The number of hydrogen-bond donors (Lipinski definition) is 2. The van der Waals surface area contributed by atoms with Gasteiger partial charge in [-0.2, -0.15) is 0 Å². The van der Waals surface area contributed by atoms with Crippen molar-refractivity contribution in [1.29, 1.82) is 0 Å². The van der Waals surface area contributed by atoms with Crippen molar-refractivity contribution in [3.8, 4) is 11.1 Å². The van der Waals surface area contributed by atoms with Crippen LogP contribution in [0.4, 0.5) is 5.69 Å². The van der Waals surface area contributed by atoms with Crippen molar-refractivity contribution in [3.05, 3.63) is 102 Å². The highest BCUT2D eigenvalue weighted by Crippen LogP contribution is 2.32. The number of amides is 1. The third-order valence-corrected chi connectivity index (χ3v) is 6.97. The van der Waals surface area contributed by atoms with Gasteiger partial charge in [-0.05, 0) is 73.7 Å². The Kier molecular flexibility index (Phi) is 10.2. The highest BCUT2D eigenvalue weighted by atomic mass is 32.2.